The van der Waals surface area contributed by atoms with Crippen molar-refractivity contribution in [1.82, 2.24) is 10.2 Å². The van der Waals surface area contributed by atoms with Crippen LogP contribution in [0.4, 0.5) is 0 Å². The average molecular weight is 277 g/mol. The number of amides is 1. The standard InChI is InChI=1S/C12H20N2O3.ClH/c15-11(14-2-5-16-6-3-14)12-1-4-17-8-10(12)7-13-9-12;/h10,13H,1-9H2;1H. The quantitative estimate of drug-likeness (QED) is 0.726. The zero-order chi connectivity index (χ0) is 11.7. The van der Waals surface area contributed by atoms with Gasteiger partial charge in [-0.2, -0.15) is 0 Å². The zero-order valence-electron chi connectivity index (χ0n) is 10.5. The van der Waals surface area contributed by atoms with Gasteiger partial charge in [0.25, 0.3) is 0 Å². The number of rotatable bonds is 1. The van der Waals surface area contributed by atoms with Gasteiger partial charge in [0, 0.05) is 38.7 Å². The predicted molar refractivity (Wildman–Crippen MR) is 68.9 cm³/mol. The predicted octanol–water partition coefficient (Wildman–Crippen LogP) is -0.107. The summed E-state index contributed by atoms with van der Waals surface area (Å²) in [6.45, 7) is 6.01. The fourth-order valence-corrected chi connectivity index (χ4v) is 3.24. The van der Waals surface area contributed by atoms with E-state index in [1.807, 2.05) is 4.90 Å². The van der Waals surface area contributed by atoms with Gasteiger partial charge in [-0.05, 0) is 6.42 Å². The number of nitrogens with one attached hydrogen (secondary N) is 1. The summed E-state index contributed by atoms with van der Waals surface area (Å²) in [6.07, 6.45) is 0.862. The molecule has 0 aromatic carbocycles. The van der Waals surface area contributed by atoms with E-state index in [4.69, 9.17) is 9.47 Å². The van der Waals surface area contributed by atoms with Crippen molar-refractivity contribution in [1.29, 1.82) is 0 Å². The van der Waals surface area contributed by atoms with Crippen LogP contribution in [0, 0.1) is 11.3 Å². The highest BCUT2D eigenvalue weighted by Gasteiger charge is 2.52. The molecule has 1 amide bonds. The van der Waals surface area contributed by atoms with E-state index in [0.717, 1.165) is 39.2 Å². The summed E-state index contributed by atoms with van der Waals surface area (Å²) in [5.41, 5.74) is -0.199. The van der Waals surface area contributed by atoms with Crippen LogP contribution >= 0.6 is 12.4 Å². The third-order valence-electron chi connectivity index (χ3n) is 4.35. The Bertz CT molecular complexity index is 310. The fraction of sp³-hybridized carbons (Fsp3) is 0.917. The maximum Gasteiger partial charge on any atom is 0.230 e. The van der Waals surface area contributed by atoms with Crippen LogP contribution in [0.3, 0.4) is 0 Å². The Balaban J connectivity index is 0.00000120. The minimum absolute atomic E-state index is 0. The molecule has 3 aliphatic rings. The van der Waals surface area contributed by atoms with Crippen molar-refractivity contribution in [2.45, 2.75) is 6.42 Å². The van der Waals surface area contributed by atoms with Crippen molar-refractivity contribution >= 4 is 18.3 Å². The van der Waals surface area contributed by atoms with Crippen LogP contribution in [0.15, 0.2) is 0 Å². The molecule has 0 aromatic heterocycles. The van der Waals surface area contributed by atoms with Crippen molar-refractivity contribution in [2.75, 3.05) is 52.6 Å². The Morgan fingerprint density at radius 1 is 1.22 bits per heavy atom. The lowest BCUT2D eigenvalue weighted by molar-refractivity contribution is -0.154. The second-order valence-corrected chi connectivity index (χ2v) is 5.21. The molecule has 0 saturated carbocycles. The van der Waals surface area contributed by atoms with Gasteiger partial charge in [0.15, 0.2) is 0 Å². The largest absolute Gasteiger partial charge is 0.381 e. The minimum Gasteiger partial charge on any atom is -0.381 e. The van der Waals surface area contributed by atoms with Crippen LogP contribution < -0.4 is 5.32 Å². The summed E-state index contributed by atoms with van der Waals surface area (Å²) in [7, 11) is 0. The zero-order valence-corrected chi connectivity index (χ0v) is 11.3. The van der Waals surface area contributed by atoms with E-state index in [1.54, 1.807) is 0 Å². The molecule has 5 nitrogen and oxygen atoms in total. The van der Waals surface area contributed by atoms with Crippen LogP contribution in [0.2, 0.25) is 0 Å². The van der Waals surface area contributed by atoms with Gasteiger partial charge in [0.05, 0.1) is 25.2 Å². The number of nitrogens with zero attached hydrogens (tertiary/aromatic N) is 1. The minimum atomic E-state index is -0.199. The lowest BCUT2D eigenvalue weighted by atomic mass is 9.73. The summed E-state index contributed by atoms with van der Waals surface area (Å²) in [5, 5.41) is 3.37. The molecule has 104 valence electrons. The molecule has 3 fully saturated rings. The van der Waals surface area contributed by atoms with Crippen LogP contribution in [-0.2, 0) is 14.3 Å². The lowest BCUT2D eigenvalue weighted by Gasteiger charge is -2.41. The Morgan fingerprint density at radius 3 is 2.78 bits per heavy atom. The van der Waals surface area contributed by atoms with Crippen molar-refractivity contribution in [3.8, 4) is 0 Å². The van der Waals surface area contributed by atoms with E-state index < -0.39 is 0 Å². The molecule has 0 aromatic rings. The Morgan fingerprint density at radius 2 is 2.00 bits per heavy atom. The maximum atomic E-state index is 12.7. The van der Waals surface area contributed by atoms with Gasteiger partial charge in [0.2, 0.25) is 5.91 Å². The topological polar surface area (TPSA) is 50.8 Å². The van der Waals surface area contributed by atoms with Gasteiger partial charge in [-0.3, -0.25) is 4.79 Å². The second kappa shape index (κ2) is 5.74. The van der Waals surface area contributed by atoms with Crippen molar-refractivity contribution in [3.05, 3.63) is 0 Å². The number of carbonyl (C=O) groups is 1. The van der Waals surface area contributed by atoms with Crippen molar-refractivity contribution in [2.24, 2.45) is 11.3 Å². The van der Waals surface area contributed by atoms with Crippen LogP contribution in [0.5, 0.6) is 0 Å². The van der Waals surface area contributed by atoms with E-state index >= 15 is 0 Å². The SMILES string of the molecule is Cl.O=C(N1CCOCC1)C12CCOCC1CNC2. The van der Waals surface area contributed by atoms with Gasteiger partial charge in [-0.1, -0.05) is 0 Å². The summed E-state index contributed by atoms with van der Waals surface area (Å²) >= 11 is 0. The van der Waals surface area contributed by atoms with Crippen LogP contribution in [-0.4, -0.2) is 63.4 Å². The van der Waals surface area contributed by atoms with E-state index in [9.17, 15) is 4.79 Å². The molecule has 18 heavy (non-hydrogen) atoms. The number of fused-ring (bicyclic) bond motifs is 1. The Hall–Kier alpha value is -0.360. The molecule has 3 aliphatic heterocycles. The number of hydrogen-bond acceptors (Lipinski definition) is 4. The molecule has 3 saturated heterocycles. The molecular weight excluding hydrogens is 256 g/mol. The number of morpholine rings is 1. The highest BCUT2D eigenvalue weighted by Crippen LogP contribution is 2.40. The molecule has 2 unspecified atom stereocenters. The lowest BCUT2D eigenvalue weighted by Crippen LogP contribution is -2.54. The molecule has 3 rings (SSSR count). The van der Waals surface area contributed by atoms with Crippen LogP contribution in [0.25, 0.3) is 0 Å². The molecular formula is C12H21ClN2O3. The molecule has 6 heteroatoms. The van der Waals surface area contributed by atoms with Crippen LogP contribution in [0.1, 0.15) is 6.42 Å². The fourth-order valence-electron chi connectivity index (χ4n) is 3.24. The molecule has 3 heterocycles. The Kier molecular flexibility index (Phi) is 4.48. The molecule has 2 atom stereocenters. The third-order valence-corrected chi connectivity index (χ3v) is 4.35. The summed E-state index contributed by atoms with van der Waals surface area (Å²) < 4.78 is 10.8. The summed E-state index contributed by atoms with van der Waals surface area (Å²) in [4.78, 5) is 14.7. The first-order valence-electron chi connectivity index (χ1n) is 6.48. The highest BCUT2D eigenvalue weighted by atomic mass is 35.5. The smallest absolute Gasteiger partial charge is 0.230 e. The monoisotopic (exact) mass is 276 g/mol. The number of carbonyl (C=O) groups excluding carboxylic acids is 1. The van der Waals surface area contributed by atoms with Gasteiger partial charge in [0.1, 0.15) is 0 Å². The van der Waals surface area contributed by atoms with E-state index in [0.29, 0.717) is 31.6 Å². The maximum absolute atomic E-state index is 12.7. The van der Waals surface area contributed by atoms with E-state index in [1.165, 1.54) is 0 Å². The van der Waals surface area contributed by atoms with E-state index in [2.05, 4.69) is 5.32 Å². The van der Waals surface area contributed by atoms with Gasteiger partial charge in [-0.15, -0.1) is 12.4 Å². The molecule has 0 spiro atoms. The first-order valence-corrected chi connectivity index (χ1v) is 6.48. The molecule has 0 bridgehead atoms. The Labute approximate surface area is 114 Å². The van der Waals surface area contributed by atoms with Crippen molar-refractivity contribution in [3.63, 3.8) is 0 Å². The molecule has 0 radical (unpaired) electrons. The highest BCUT2D eigenvalue weighted by molar-refractivity contribution is 5.85. The number of ether oxygens (including phenoxy) is 2. The van der Waals surface area contributed by atoms with Gasteiger partial charge >= 0.3 is 0 Å². The second-order valence-electron chi connectivity index (χ2n) is 5.21. The molecule has 0 aliphatic carbocycles. The van der Waals surface area contributed by atoms with Gasteiger partial charge < -0.3 is 19.7 Å². The van der Waals surface area contributed by atoms with Crippen molar-refractivity contribution < 1.29 is 14.3 Å². The number of halogens is 1. The number of hydrogen-bond donors (Lipinski definition) is 1. The van der Waals surface area contributed by atoms with E-state index in [-0.39, 0.29) is 17.8 Å². The third kappa shape index (κ3) is 2.25. The van der Waals surface area contributed by atoms with Gasteiger partial charge in [-0.25, -0.2) is 0 Å². The summed E-state index contributed by atoms with van der Waals surface area (Å²) in [6, 6.07) is 0. The summed E-state index contributed by atoms with van der Waals surface area (Å²) in [5.74, 6) is 0.672. The molecule has 1 N–H and O–H groups in total. The normalized spacial score (nSPS) is 35.8. The first-order chi connectivity index (χ1) is 8.33. The first kappa shape index (κ1) is 14.1. The average Bonchev–Trinajstić information content (AvgIpc) is 2.84.